The highest BCUT2D eigenvalue weighted by atomic mass is 32.1. The maximum Gasteiger partial charge on any atom is 0.247 e. The molecular formula is C20H28N8OS. The lowest BCUT2D eigenvalue weighted by molar-refractivity contribution is -0.117. The molecule has 0 saturated heterocycles. The number of aromatic nitrogens is 4. The van der Waals surface area contributed by atoms with Crippen LogP contribution < -0.4 is 15.5 Å². The number of carbonyl (C=O) groups is 1. The monoisotopic (exact) mass is 428 g/mol. The van der Waals surface area contributed by atoms with Gasteiger partial charge in [0.2, 0.25) is 11.9 Å². The van der Waals surface area contributed by atoms with Crippen molar-refractivity contribution in [3.63, 3.8) is 0 Å². The van der Waals surface area contributed by atoms with E-state index in [1.54, 1.807) is 0 Å². The fourth-order valence-corrected chi connectivity index (χ4v) is 4.01. The van der Waals surface area contributed by atoms with E-state index in [1.807, 2.05) is 42.9 Å². The number of amides is 1. The van der Waals surface area contributed by atoms with Crippen LogP contribution in [0.2, 0.25) is 0 Å². The molecule has 0 spiro atoms. The summed E-state index contributed by atoms with van der Waals surface area (Å²) in [5, 5.41) is 20.0. The minimum absolute atomic E-state index is 0. The average Bonchev–Trinajstić information content (AvgIpc) is 3.12. The van der Waals surface area contributed by atoms with Crippen molar-refractivity contribution in [3.8, 4) is 6.07 Å². The van der Waals surface area contributed by atoms with Crippen LogP contribution in [0.3, 0.4) is 0 Å². The van der Waals surface area contributed by atoms with Crippen molar-refractivity contribution in [3.05, 3.63) is 23.7 Å². The topological polar surface area (TPSA) is 112 Å². The fraction of sp³-hybridized carbons (Fsp3) is 0.550. The third-order valence-corrected chi connectivity index (χ3v) is 5.96. The van der Waals surface area contributed by atoms with Crippen molar-refractivity contribution in [2.24, 2.45) is 5.41 Å². The molecule has 1 fully saturated rings. The van der Waals surface area contributed by atoms with E-state index in [0.29, 0.717) is 31.1 Å². The Morgan fingerprint density at radius 1 is 1.40 bits per heavy atom. The molecule has 30 heavy (non-hydrogen) atoms. The molecule has 2 N–H and O–H groups in total. The van der Waals surface area contributed by atoms with Crippen LogP contribution in [-0.2, 0) is 17.9 Å². The molecule has 2 aromatic heterocycles. The van der Waals surface area contributed by atoms with E-state index in [9.17, 15) is 10.1 Å². The predicted molar refractivity (Wildman–Crippen MR) is 120 cm³/mol. The number of nitrogens with one attached hydrogen (secondary N) is 2. The third kappa shape index (κ3) is 3.94. The number of rotatable bonds is 6. The van der Waals surface area contributed by atoms with Crippen molar-refractivity contribution >= 4 is 36.9 Å². The smallest absolute Gasteiger partial charge is 0.247 e. The van der Waals surface area contributed by atoms with E-state index in [2.05, 4.69) is 31.8 Å². The van der Waals surface area contributed by atoms with Gasteiger partial charge in [-0.15, -0.1) is 0 Å². The summed E-state index contributed by atoms with van der Waals surface area (Å²) in [7, 11) is 1.89. The lowest BCUT2D eigenvalue weighted by atomic mass is 9.70. The van der Waals surface area contributed by atoms with E-state index >= 15 is 0 Å². The van der Waals surface area contributed by atoms with Gasteiger partial charge in [0.1, 0.15) is 11.7 Å². The molecule has 2 aromatic rings. The summed E-state index contributed by atoms with van der Waals surface area (Å²) in [6, 6.07) is 2.22. The van der Waals surface area contributed by atoms with Crippen LogP contribution in [-0.4, -0.2) is 38.7 Å². The molecule has 2 aliphatic rings. The number of anilines is 3. The minimum Gasteiger partial charge on any atom is -0.350 e. The summed E-state index contributed by atoms with van der Waals surface area (Å²) in [4.78, 5) is 23.3. The van der Waals surface area contributed by atoms with Gasteiger partial charge in [-0.25, -0.2) is 4.98 Å². The van der Waals surface area contributed by atoms with Crippen molar-refractivity contribution in [2.45, 2.75) is 58.7 Å². The molecule has 1 atom stereocenters. The highest BCUT2D eigenvalue weighted by Gasteiger charge is 2.37. The van der Waals surface area contributed by atoms with Crippen molar-refractivity contribution in [2.75, 3.05) is 22.6 Å². The van der Waals surface area contributed by atoms with Gasteiger partial charge in [-0.2, -0.15) is 28.8 Å². The largest absolute Gasteiger partial charge is 0.350 e. The Labute approximate surface area is 183 Å². The Balaban J connectivity index is 0.00000256. The molecule has 1 amide bonds. The van der Waals surface area contributed by atoms with Gasteiger partial charge in [-0.05, 0) is 26.2 Å². The van der Waals surface area contributed by atoms with Gasteiger partial charge in [-0.3, -0.25) is 9.48 Å². The number of carbonyl (C=O) groups excluding carboxylic acids is 1. The minimum atomic E-state index is -0.250. The first-order chi connectivity index (χ1) is 13.9. The van der Waals surface area contributed by atoms with E-state index in [4.69, 9.17) is 0 Å². The van der Waals surface area contributed by atoms with Crippen LogP contribution in [0.15, 0.2) is 12.4 Å². The molecule has 1 aliphatic heterocycles. The number of fused-ring (bicyclic) bond motifs is 1. The first-order valence-corrected chi connectivity index (χ1v) is 10.0. The van der Waals surface area contributed by atoms with Crippen molar-refractivity contribution < 1.29 is 4.79 Å². The van der Waals surface area contributed by atoms with Crippen molar-refractivity contribution in [1.82, 2.24) is 19.7 Å². The number of nitrogens with zero attached hydrogens (tertiary/aromatic N) is 6. The van der Waals surface area contributed by atoms with Gasteiger partial charge >= 0.3 is 0 Å². The molecule has 0 radical (unpaired) electrons. The van der Waals surface area contributed by atoms with E-state index in [0.717, 1.165) is 36.3 Å². The molecule has 4 rings (SSSR count). The number of hydrogen-bond acceptors (Lipinski definition) is 7. The first-order valence-electron chi connectivity index (χ1n) is 10.0. The normalized spacial score (nSPS) is 19.1. The predicted octanol–water partition coefficient (Wildman–Crippen LogP) is 2.57. The molecular weight excluding hydrogens is 400 g/mol. The van der Waals surface area contributed by atoms with Gasteiger partial charge in [0.25, 0.3) is 0 Å². The third-order valence-electron chi connectivity index (χ3n) is 5.96. The quantitative estimate of drug-likeness (QED) is 0.727. The Kier molecular flexibility index (Phi) is 6.22. The molecule has 0 aromatic carbocycles. The SMILES string of the molecule is CC[C@H]1C(=O)Nc2c(C)nc(NCc3cnn(CC4(C#N)CCC4)c3)nc2N1C.S. The second-order valence-electron chi connectivity index (χ2n) is 8.00. The highest BCUT2D eigenvalue weighted by molar-refractivity contribution is 7.59. The molecule has 0 unspecified atom stereocenters. The Morgan fingerprint density at radius 2 is 2.17 bits per heavy atom. The van der Waals surface area contributed by atoms with Crippen LogP contribution in [0.25, 0.3) is 0 Å². The maximum atomic E-state index is 12.2. The number of hydrogen-bond donors (Lipinski definition) is 2. The molecule has 9 nitrogen and oxygen atoms in total. The van der Waals surface area contributed by atoms with Crippen LogP contribution >= 0.6 is 13.5 Å². The summed E-state index contributed by atoms with van der Waals surface area (Å²) in [5.74, 6) is 1.21. The molecule has 10 heteroatoms. The zero-order chi connectivity index (χ0) is 20.6. The standard InChI is InChI=1S/C20H26N8O.H2S/c1-4-15-18(29)25-16-13(2)24-19(26-17(16)27(15)3)22-8-14-9-23-28(10-14)12-20(11-21)6-5-7-20;/h9-10,15H,4-8,12H2,1-3H3,(H,25,29)(H,22,24,26);1H2/t15-;/m0./s1. The maximum absolute atomic E-state index is 12.2. The Hall–Kier alpha value is -2.80. The van der Waals surface area contributed by atoms with Gasteiger partial charge in [0.05, 0.1) is 29.9 Å². The van der Waals surface area contributed by atoms with E-state index in [-0.39, 0.29) is 30.9 Å². The summed E-state index contributed by atoms with van der Waals surface area (Å²) in [5.41, 5.74) is 2.15. The van der Waals surface area contributed by atoms with Gasteiger partial charge in [0, 0.05) is 25.4 Å². The Bertz CT molecular complexity index is 978. The number of likely N-dealkylation sites (N-methyl/N-ethyl adjacent to an activating group) is 1. The summed E-state index contributed by atoms with van der Waals surface area (Å²) < 4.78 is 1.85. The second kappa shape index (κ2) is 8.52. The summed E-state index contributed by atoms with van der Waals surface area (Å²) in [6.45, 7) is 5.02. The van der Waals surface area contributed by atoms with Crippen LogP contribution in [0, 0.1) is 23.7 Å². The molecule has 160 valence electrons. The molecule has 3 heterocycles. The first kappa shape index (κ1) is 21.9. The fourth-order valence-electron chi connectivity index (χ4n) is 4.01. The second-order valence-corrected chi connectivity index (χ2v) is 8.00. The molecule has 0 bridgehead atoms. The summed E-state index contributed by atoms with van der Waals surface area (Å²) in [6.07, 6.45) is 7.49. The molecule has 1 aliphatic carbocycles. The Morgan fingerprint density at radius 3 is 2.80 bits per heavy atom. The van der Waals surface area contributed by atoms with Crippen molar-refractivity contribution in [1.29, 1.82) is 5.26 Å². The average molecular weight is 429 g/mol. The van der Waals surface area contributed by atoms with E-state index < -0.39 is 0 Å². The van der Waals surface area contributed by atoms with Crippen LogP contribution in [0.4, 0.5) is 17.5 Å². The van der Waals surface area contributed by atoms with Gasteiger partial charge in [-0.1, -0.05) is 13.3 Å². The number of nitriles is 1. The lowest BCUT2D eigenvalue weighted by Gasteiger charge is -2.34. The van der Waals surface area contributed by atoms with Gasteiger partial charge in [0.15, 0.2) is 5.82 Å². The highest BCUT2D eigenvalue weighted by Crippen LogP contribution is 2.41. The van der Waals surface area contributed by atoms with E-state index in [1.165, 1.54) is 0 Å². The van der Waals surface area contributed by atoms with Gasteiger partial charge < -0.3 is 15.5 Å². The lowest BCUT2D eigenvalue weighted by Crippen LogP contribution is -2.46. The summed E-state index contributed by atoms with van der Waals surface area (Å²) >= 11 is 0. The molecule has 1 saturated carbocycles. The number of aryl methyl sites for hydroxylation is 1. The zero-order valence-electron chi connectivity index (χ0n) is 17.6. The van der Waals surface area contributed by atoms with Crippen LogP contribution in [0.5, 0.6) is 0 Å². The zero-order valence-corrected chi connectivity index (χ0v) is 18.6. The van der Waals surface area contributed by atoms with Crippen LogP contribution in [0.1, 0.15) is 43.9 Å².